The molecule has 1 aromatic heterocycles. The molecule has 19 heavy (non-hydrogen) atoms. The maximum Gasteiger partial charge on any atom is 0.138 e. The summed E-state index contributed by atoms with van der Waals surface area (Å²) in [5.74, 6) is 0.611. The molecule has 0 radical (unpaired) electrons. The Morgan fingerprint density at radius 2 is 1.89 bits per heavy atom. The van der Waals surface area contributed by atoms with E-state index in [9.17, 15) is 5.11 Å². The van der Waals surface area contributed by atoms with Gasteiger partial charge in [0.25, 0.3) is 0 Å². The fraction of sp³-hybridized carbons (Fsp3) is 0.438. The largest absolute Gasteiger partial charge is 0.383 e. The zero-order valence-electron chi connectivity index (χ0n) is 11.5. The molecular weight excluding hydrogens is 236 g/mol. The second-order valence-electron chi connectivity index (χ2n) is 5.90. The van der Waals surface area contributed by atoms with E-state index >= 15 is 0 Å². The average Bonchev–Trinajstić information content (AvgIpc) is 2.87. The van der Waals surface area contributed by atoms with Crippen molar-refractivity contribution < 1.29 is 5.11 Å². The number of aryl methyl sites for hydroxylation is 2. The van der Waals surface area contributed by atoms with E-state index in [0.717, 1.165) is 11.3 Å². The second-order valence-corrected chi connectivity index (χ2v) is 5.90. The highest BCUT2D eigenvalue weighted by molar-refractivity contribution is 5.61. The minimum absolute atomic E-state index is 0.611. The lowest BCUT2D eigenvalue weighted by atomic mass is 9.90. The number of fused-ring (bicyclic) bond motifs is 1. The number of hydrogen-bond donors (Lipinski definition) is 2. The Bertz CT molecular complexity index is 593. The Morgan fingerprint density at radius 3 is 2.58 bits per heavy atom. The molecule has 2 aromatic rings. The van der Waals surface area contributed by atoms with Crippen molar-refractivity contribution in [2.24, 2.45) is 0 Å². The Kier molecular flexibility index (Phi) is 2.94. The summed E-state index contributed by atoms with van der Waals surface area (Å²) in [5, 5.41) is 9.95. The summed E-state index contributed by atoms with van der Waals surface area (Å²) in [6.45, 7) is 3.48. The summed E-state index contributed by atoms with van der Waals surface area (Å²) in [6, 6.07) is 6.64. The van der Waals surface area contributed by atoms with Crippen LogP contribution in [0, 0.1) is 0 Å². The number of rotatable bonds is 2. The monoisotopic (exact) mass is 256 g/mol. The highest BCUT2D eigenvalue weighted by Crippen LogP contribution is 2.27. The maximum absolute atomic E-state index is 9.95. The summed E-state index contributed by atoms with van der Waals surface area (Å²) in [5.41, 5.74) is 4.15. The molecule has 3 heteroatoms. The molecule has 0 bridgehead atoms. The molecule has 0 amide bonds. The quantitative estimate of drug-likeness (QED) is 0.867. The van der Waals surface area contributed by atoms with E-state index in [2.05, 4.69) is 28.2 Å². The summed E-state index contributed by atoms with van der Waals surface area (Å²) in [6.07, 6.45) is 6.77. The van der Waals surface area contributed by atoms with Crippen molar-refractivity contribution in [2.75, 3.05) is 0 Å². The van der Waals surface area contributed by atoms with Gasteiger partial charge in [-0.25, -0.2) is 4.98 Å². The summed E-state index contributed by atoms with van der Waals surface area (Å²) in [4.78, 5) is 7.49. The van der Waals surface area contributed by atoms with Crippen molar-refractivity contribution in [3.63, 3.8) is 0 Å². The Hall–Kier alpha value is -1.61. The predicted octanol–water partition coefficient (Wildman–Crippen LogP) is 3.18. The van der Waals surface area contributed by atoms with Crippen molar-refractivity contribution in [3.05, 3.63) is 41.3 Å². The summed E-state index contributed by atoms with van der Waals surface area (Å²) < 4.78 is 0. The third-order valence-electron chi connectivity index (χ3n) is 3.81. The van der Waals surface area contributed by atoms with Crippen molar-refractivity contribution >= 4 is 0 Å². The number of hydrogen-bond acceptors (Lipinski definition) is 2. The van der Waals surface area contributed by atoms with Gasteiger partial charge in [-0.2, -0.15) is 0 Å². The van der Waals surface area contributed by atoms with Crippen molar-refractivity contribution in [2.45, 2.75) is 45.1 Å². The van der Waals surface area contributed by atoms with Gasteiger partial charge in [0, 0.05) is 0 Å². The fourth-order valence-electron chi connectivity index (χ4n) is 2.68. The minimum Gasteiger partial charge on any atom is -0.383 e. The predicted molar refractivity (Wildman–Crippen MR) is 75.9 cm³/mol. The molecule has 0 saturated heterocycles. The number of benzene rings is 1. The zero-order chi connectivity index (χ0) is 13.5. The smallest absolute Gasteiger partial charge is 0.138 e. The van der Waals surface area contributed by atoms with Gasteiger partial charge in [-0.3, -0.25) is 0 Å². The summed E-state index contributed by atoms with van der Waals surface area (Å²) >= 11 is 0. The first-order valence-electron chi connectivity index (χ1n) is 6.94. The molecule has 0 atom stereocenters. The molecule has 0 saturated carbocycles. The molecule has 1 aromatic carbocycles. The highest BCUT2D eigenvalue weighted by atomic mass is 16.3. The number of imidazole rings is 1. The van der Waals surface area contributed by atoms with Crippen LogP contribution >= 0.6 is 0 Å². The van der Waals surface area contributed by atoms with E-state index in [0.29, 0.717) is 5.82 Å². The SMILES string of the molecule is CC(C)(O)c1ncc(-c2ccc3c(c2)CCCC3)[nH]1. The van der Waals surface area contributed by atoms with Crippen LogP contribution in [0.2, 0.25) is 0 Å². The molecule has 3 nitrogen and oxygen atoms in total. The van der Waals surface area contributed by atoms with Crippen LogP contribution < -0.4 is 0 Å². The van der Waals surface area contributed by atoms with Crippen LogP contribution in [-0.2, 0) is 18.4 Å². The normalized spacial score (nSPS) is 15.3. The molecule has 2 N–H and O–H groups in total. The first kappa shape index (κ1) is 12.4. The second kappa shape index (κ2) is 4.49. The van der Waals surface area contributed by atoms with Crippen LogP contribution in [0.3, 0.4) is 0 Å². The number of H-pyrrole nitrogens is 1. The third-order valence-corrected chi connectivity index (χ3v) is 3.81. The van der Waals surface area contributed by atoms with Gasteiger partial charge in [0.15, 0.2) is 0 Å². The van der Waals surface area contributed by atoms with Crippen molar-refractivity contribution in [3.8, 4) is 11.3 Å². The molecule has 3 rings (SSSR count). The zero-order valence-corrected chi connectivity index (χ0v) is 11.5. The van der Waals surface area contributed by atoms with Gasteiger partial charge in [-0.1, -0.05) is 12.1 Å². The van der Waals surface area contributed by atoms with E-state index in [1.165, 1.54) is 36.8 Å². The lowest BCUT2D eigenvalue weighted by Gasteiger charge is -2.16. The van der Waals surface area contributed by atoms with E-state index in [1.807, 2.05) is 0 Å². The Labute approximate surface area is 113 Å². The van der Waals surface area contributed by atoms with Gasteiger partial charge in [-0.05, 0) is 62.3 Å². The molecule has 1 heterocycles. The molecule has 100 valence electrons. The topological polar surface area (TPSA) is 48.9 Å². The molecule has 0 fully saturated rings. The molecule has 1 aliphatic carbocycles. The van der Waals surface area contributed by atoms with Gasteiger partial charge >= 0.3 is 0 Å². The van der Waals surface area contributed by atoms with Gasteiger partial charge in [0.05, 0.1) is 11.9 Å². The van der Waals surface area contributed by atoms with Gasteiger partial charge in [-0.15, -0.1) is 0 Å². The lowest BCUT2D eigenvalue weighted by Crippen LogP contribution is -2.17. The van der Waals surface area contributed by atoms with E-state index in [-0.39, 0.29) is 0 Å². The van der Waals surface area contributed by atoms with Crippen LogP contribution in [0.25, 0.3) is 11.3 Å². The molecule has 1 aliphatic rings. The number of nitrogens with one attached hydrogen (secondary N) is 1. The maximum atomic E-state index is 9.95. The molecule has 0 unspecified atom stereocenters. The molecule has 0 aliphatic heterocycles. The minimum atomic E-state index is -0.924. The number of aromatic nitrogens is 2. The van der Waals surface area contributed by atoms with Crippen molar-refractivity contribution in [1.82, 2.24) is 9.97 Å². The van der Waals surface area contributed by atoms with E-state index < -0.39 is 5.60 Å². The molecule has 0 spiro atoms. The Balaban J connectivity index is 1.96. The van der Waals surface area contributed by atoms with Crippen LogP contribution in [-0.4, -0.2) is 15.1 Å². The highest BCUT2D eigenvalue weighted by Gasteiger charge is 2.20. The van der Waals surface area contributed by atoms with Crippen LogP contribution in [0.1, 0.15) is 43.6 Å². The number of aliphatic hydroxyl groups is 1. The average molecular weight is 256 g/mol. The third kappa shape index (κ3) is 2.43. The van der Waals surface area contributed by atoms with Crippen LogP contribution in [0.15, 0.2) is 24.4 Å². The van der Waals surface area contributed by atoms with E-state index in [4.69, 9.17) is 0 Å². The lowest BCUT2D eigenvalue weighted by molar-refractivity contribution is 0.0697. The fourth-order valence-corrected chi connectivity index (χ4v) is 2.68. The van der Waals surface area contributed by atoms with Crippen molar-refractivity contribution in [1.29, 1.82) is 0 Å². The summed E-state index contributed by atoms with van der Waals surface area (Å²) in [7, 11) is 0. The number of nitrogens with zero attached hydrogens (tertiary/aromatic N) is 1. The molecular formula is C16H20N2O. The van der Waals surface area contributed by atoms with Gasteiger partial charge in [0.2, 0.25) is 0 Å². The number of aromatic amines is 1. The first-order valence-corrected chi connectivity index (χ1v) is 6.94. The van der Waals surface area contributed by atoms with Gasteiger partial charge < -0.3 is 10.1 Å². The van der Waals surface area contributed by atoms with E-state index in [1.54, 1.807) is 20.0 Å². The van der Waals surface area contributed by atoms with Crippen LogP contribution in [0.4, 0.5) is 0 Å². The Morgan fingerprint density at radius 1 is 1.16 bits per heavy atom. The van der Waals surface area contributed by atoms with Crippen LogP contribution in [0.5, 0.6) is 0 Å². The standard InChI is InChI=1S/C16H20N2O/c1-16(2,19)15-17-10-14(18-15)13-8-7-11-5-3-4-6-12(11)9-13/h7-10,19H,3-6H2,1-2H3,(H,17,18). The van der Waals surface area contributed by atoms with Gasteiger partial charge in [0.1, 0.15) is 11.4 Å². The first-order chi connectivity index (χ1) is 9.04.